The minimum Gasteiger partial charge on any atom is -0.507 e. The van der Waals surface area contributed by atoms with Gasteiger partial charge in [0, 0.05) is 6.07 Å². The molecule has 8 heteroatoms. The van der Waals surface area contributed by atoms with Crippen LogP contribution in [-0.4, -0.2) is 34.9 Å². The third-order valence-corrected chi connectivity index (χ3v) is 6.71. The number of furan rings is 1. The van der Waals surface area contributed by atoms with Crippen molar-refractivity contribution >= 4 is 17.4 Å². The molecule has 1 aliphatic heterocycles. The number of benzene rings is 3. The number of carbonyl (C=O) groups is 2. The number of rotatable bonds is 11. The first-order valence-electron chi connectivity index (χ1n) is 13.5. The summed E-state index contributed by atoms with van der Waals surface area (Å²) in [7, 11) is 0. The first-order valence-corrected chi connectivity index (χ1v) is 13.5. The Morgan fingerprint density at radius 2 is 1.59 bits per heavy atom. The minimum atomic E-state index is -0.871. The summed E-state index contributed by atoms with van der Waals surface area (Å²) >= 11 is 0. The Kier molecular flexibility index (Phi) is 8.39. The van der Waals surface area contributed by atoms with E-state index in [-0.39, 0.29) is 17.9 Å². The summed E-state index contributed by atoms with van der Waals surface area (Å²) in [5.74, 6) is 0.193. The summed E-state index contributed by atoms with van der Waals surface area (Å²) in [4.78, 5) is 28.2. The van der Waals surface area contributed by atoms with Crippen LogP contribution in [0.4, 0.5) is 0 Å². The molecular weight excluding hydrogens is 522 g/mol. The summed E-state index contributed by atoms with van der Waals surface area (Å²) in [5, 5.41) is 11.6. The van der Waals surface area contributed by atoms with Crippen molar-refractivity contribution in [1.29, 1.82) is 0 Å². The van der Waals surface area contributed by atoms with E-state index in [1.54, 1.807) is 54.6 Å². The Labute approximate surface area is 238 Å². The second kappa shape index (κ2) is 12.5. The molecule has 8 nitrogen and oxygen atoms in total. The highest BCUT2D eigenvalue weighted by Crippen LogP contribution is 2.42. The fourth-order valence-corrected chi connectivity index (χ4v) is 4.82. The number of aliphatic hydroxyl groups excluding tert-OH is 1. The number of carbonyl (C=O) groups excluding carboxylic acids is 2. The molecule has 3 aromatic carbocycles. The van der Waals surface area contributed by atoms with Gasteiger partial charge in [-0.2, -0.15) is 0 Å². The van der Waals surface area contributed by atoms with Crippen molar-refractivity contribution in [2.24, 2.45) is 0 Å². The standard InChI is InChI=1S/C33H31NO7/c1-3-38-25-16-17-27(28(19-25)39-4-2)31(35)29-30(34(33(37)32(29)36)20-26-11-8-18-40-26)23-12-14-24(15-13-23)41-21-22-9-6-5-7-10-22/h5-19,30,35H,3-4,20-21H2,1-2H3/b31-29-. The second-order valence-electron chi connectivity index (χ2n) is 9.37. The molecule has 0 bridgehead atoms. The Morgan fingerprint density at radius 3 is 2.27 bits per heavy atom. The highest BCUT2D eigenvalue weighted by Gasteiger charge is 2.46. The average Bonchev–Trinajstić information content (AvgIpc) is 3.60. The lowest BCUT2D eigenvalue weighted by atomic mass is 9.95. The van der Waals surface area contributed by atoms with Crippen molar-refractivity contribution in [2.45, 2.75) is 33.0 Å². The third-order valence-electron chi connectivity index (χ3n) is 6.71. The van der Waals surface area contributed by atoms with Gasteiger partial charge in [0.1, 0.15) is 35.4 Å². The van der Waals surface area contributed by atoms with E-state index in [9.17, 15) is 14.7 Å². The number of hydrogen-bond donors (Lipinski definition) is 1. The number of amides is 1. The van der Waals surface area contributed by atoms with Gasteiger partial charge in [-0.1, -0.05) is 42.5 Å². The van der Waals surface area contributed by atoms with Crippen molar-refractivity contribution in [3.63, 3.8) is 0 Å². The molecule has 1 atom stereocenters. The number of Topliss-reactive ketones (excluding diaryl/α,β-unsaturated/α-hetero) is 1. The molecule has 2 heterocycles. The van der Waals surface area contributed by atoms with Gasteiger partial charge in [-0.25, -0.2) is 0 Å². The summed E-state index contributed by atoms with van der Waals surface area (Å²) < 4.78 is 22.8. The van der Waals surface area contributed by atoms with E-state index >= 15 is 0 Å². The van der Waals surface area contributed by atoms with E-state index in [0.29, 0.717) is 54.0 Å². The van der Waals surface area contributed by atoms with E-state index in [1.165, 1.54) is 11.2 Å². The normalized spacial score (nSPS) is 16.1. The maximum Gasteiger partial charge on any atom is 0.296 e. The lowest BCUT2D eigenvalue weighted by Crippen LogP contribution is -2.29. The molecule has 210 valence electrons. The van der Waals surface area contributed by atoms with Gasteiger partial charge in [0.15, 0.2) is 0 Å². The molecule has 5 rings (SSSR count). The van der Waals surface area contributed by atoms with Gasteiger partial charge in [0.05, 0.1) is 43.2 Å². The predicted octanol–water partition coefficient (Wildman–Crippen LogP) is 6.28. The van der Waals surface area contributed by atoms with E-state index in [1.807, 2.05) is 44.2 Å². The van der Waals surface area contributed by atoms with Crippen LogP contribution in [0.25, 0.3) is 5.76 Å². The molecule has 0 aliphatic carbocycles. The zero-order valence-corrected chi connectivity index (χ0v) is 22.9. The van der Waals surface area contributed by atoms with Crippen LogP contribution in [-0.2, 0) is 22.7 Å². The number of ketones is 1. The zero-order chi connectivity index (χ0) is 28.8. The van der Waals surface area contributed by atoms with Crippen LogP contribution in [0, 0.1) is 0 Å². The Bertz CT molecular complexity index is 1530. The van der Waals surface area contributed by atoms with E-state index < -0.39 is 17.7 Å². The summed E-state index contributed by atoms with van der Waals surface area (Å²) in [5.41, 5.74) is 1.92. The molecule has 0 saturated carbocycles. The fourth-order valence-electron chi connectivity index (χ4n) is 4.82. The van der Waals surface area contributed by atoms with Gasteiger partial charge >= 0.3 is 0 Å². The largest absolute Gasteiger partial charge is 0.507 e. The van der Waals surface area contributed by atoms with Gasteiger partial charge in [0.2, 0.25) is 0 Å². The predicted molar refractivity (Wildman–Crippen MR) is 153 cm³/mol. The van der Waals surface area contributed by atoms with Crippen LogP contribution < -0.4 is 14.2 Å². The molecule has 1 saturated heterocycles. The number of likely N-dealkylation sites (tertiary alicyclic amines) is 1. The smallest absolute Gasteiger partial charge is 0.296 e. The van der Waals surface area contributed by atoms with Crippen LogP contribution >= 0.6 is 0 Å². The number of hydrogen-bond acceptors (Lipinski definition) is 7. The maximum absolute atomic E-state index is 13.5. The van der Waals surface area contributed by atoms with Crippen LogP contribution in [0.2, 0.25) is 0 Å². The summed E-state index contributed by atoms with van der Waals surface area (Å²) in [6, 6.07) is 24.5. The topological polar surface area (TPSA) is 98.4 Å². The Hall–Kier alpha value is -4.98. The molecule has 1 N–H and O–H groups in total. The molecule has 0 radical (unpaired) electrons. The maximum atomic E-state index is 13.5. The SMILES string of the molecule is CCOc1ccc(/C(O)=C2/C(=O)C(=O)N(Cc3ccco3)C2c2ccc(OCc3ccccc3)cc2)c(OCC)c1. The van der Waals surface area contributed by atoms with Crippen molar-refractivity contribution in [1.82, 2.24) is 4.90 Å². The Morgan fingerprint density at radius 1 is 0.854 bits per heavy atom. The highest BCUT2D eigenvalue weighted by atomic mass is 16.5. The molecule has 1 aromatic heterocycles. The zero-order valence-electron chi connectivity index (χ0n) is 22.9. The van der Waals surface area contributed by atoms with Crippen molar-refractivity contribution in [2.75, 3.05) is 13.2 Å². The van der Waals surface area contributed by atoms with Gasteiger partial charge in [-0.15, -0.1) is 0 Å². The molecular formula is C33H31NO7. The third kappa shape index (κ3) is 5.96. The van der Waals surface area contributed by atoms with Gasteiger partial charge in [0.25, 0.3) is 11.7 Å². The second-order valence-corrected chi connectivity index (χ2v) is 9.37. The van der Waals surface area contributed by atoms with Gasteiger partial charge in [-0.05, 0) is 61.4 Å². The molecule has 1 aliphatic rings. The van der Waals surface area contributed by atoms with E-state index in [2.05, 4.69) is 0 Å². The van der Waals surface area contributed by atoms with Crippen LogP contribution in [0.15, 0.2) is 101 Å². The van der Waals surface area contributed by atoms with Crippen molar-refractivity contribution < 1.29 is 33.3 Å². The number of nitrogens with zero attached hydrogens (tertiary/aromatic N) is 1. The quantitative estimate of drug-likeness (QED) is 0.133. The molecule has 0 spiro atoms. The van der Waals surface area contributed by atoms with Gasteiger partial charge in [-0.3, -0.25) is 9.59 Å². The number of ether oxygens (including phenoxy) is 3. The molecule has 1 unspecified atom stereocenters. The number of aliphatic hydroxyl groups is 1. The van der Waals surface area contributed by atoms with Crippen LogP contribution in [0.1, 0.15) is 42.3 Å². The molecule has 4 aromatic rings. The molecule has 1 fully saturated rings. The minimum absolute atomic E-state index is 0.0374. The first kappa shape index (κ1) is 27.6. The van der Waals surface area contributed by atoms with E-state index in [4.69, 9.17) is 18.6 Å². The molecule has 41 heavy (non-hydrogen) atoms. The fraction of sp³-hybridized carbons (Fsp3) is 0.212. The first-order chi connectivity index (χ1) is 20.0. The highest BCUT2D eigenvalue weighted by molar-refractivity contribution is 6.46. The van der Waals surface area contributed by atoms with Crippen LogP contribution in [0.3, 0.4) is 0 Å². The average molecular weight is 554 g/mol. The van der Waals surface area contributed by atoms with Crippen molar-refractivity contribution in [3.8, 4) is 17.2 Å². The lowest BCUT2D eigenvalue weighted by Gasteiger charge is -2.25. The van der Waals surface area contributed by atoms with E-state index in [0.717, 1.165) is 5.56 Å². The van der Waals surface area contributed by atoms with Crippen LogP contribution in [0.5, 0.6) is 17.2 Å². The van der Waals surface area contributed by atoms with Gasteiger partial charge < -0.3 is 28.6 Å². The van der Waals surface area contributed by atoms with Crippen molar-refractivity contribution in [3.05, 3.63) is 119 Å². The molecule has 1 amide bonds. The summed E-state index contributed by atoms with van der Waals surface area (Å²) in [6.07, 6.45) is 1.51. The monoisotopic (exact) mass is 553 g/mol. The Balaban J connectivity index is 1.54. The lowest BCUT2D eigenvalue weighted by molar-refractivity contribution is -0.140. The summed E-state index contributed by atoms with van der Waals surface area (Å²) in [6.45, 7) is 4.92.